The molecule has 0 amide bonds. The van der Waals surface area contributed by atoms with Gasteiger partial charge in [-0.25, -0.2) is 0 Å². The Kier molecular flexibility index (Phi) is 4.65. The second kappa shape index (κ2) is 6.24. The zero-order chi connectivity index (χ0) is 13.0. The molecule has 0 aromatic heterocycles. The van der Waals surface area contributed by atoms with Gasteiger partial charge in [-0.3, -0.25) is 0 Å². The molecule has 100 valence electrons. The van der Waals surface area contributed by atoms with Gasteiger partial charge in [-0.05, 0) is 36.4 Å². The zero-order valence-electron chi connectivity index (χ0n) is 11.9. The first-order valence-corrected chi connectivity index (χ1v) is 7.20. The Morgan fingerprint density at radius 3 is 2.89 bits per heavy atom. The van der Waals surface area contributed by atoms with Crippen molar-refractivity contribution in [1.29, 1.82) is 0 Å². The number of fused-ring (bicyclic) bond motifs is 1. The second-order valence-corrected chi connectivity index (χ2v) is 5.98. The van der Waals surface area contributed by atoms with Gasteiger partial charge in [-0.1, -0.05) is 39.0 Å². The third-order valence-corrected chi connectivity index (χ3v) is 3.54. The molecular formula is C16H26N2. The van der Waals surface area contributed by atoms with E-state index in [1.54, 1.807) is 0 Å². The summed E-state index contributed by atoms with van der Waals surface area (Å²) in [6.45, 7) is 11.4. The van der Waals surface area contributed by atoms with Crippen molar-refractivity contribution in [3.8, 4) is 0 Å². The number of hydrogen-bond acceptors (Lipinski definition) is 2. The van der Waals surface area contributed by atoms with Gasteiger partial charge < -0.3 is 10.2 Å². The highest BCUT2D eigenvalue weighted by Crippen LogP contribution is 2.28. The molecule has 1 N–H and O–H groups in total. The lowest BCUT2D eigenvalue weighted by molar-refractivity contribution is 0.508. The smallest absolute Gasteiger partial charge is 0.0399 e. The standard InChI is InChI=1S/C16H26N2/c1-13(2)11-17-8-9-18-12-14(3)10-15-6-4-5-7-16(15)18/h4-7,13-14,17H,8-12H2,1-3H3. The van der Waals surface area contributed by atoms with Crippen LogP contribution in [0.4, 0.5) is 5.69 Å². The van der Waals surface area contributed by atoms with Crippen LogP contribution in [0.2, 0.25) is 0 Å². The summed E-state index contributed by atoms with van der Waals surface area (Å²) in [5.41, 5.74) is 2.96. The minimum Gasteiger partial charge on any atom is -0.370 e. The van der Waals surface area contributed by atoms with Crippen LogP contribution >= 0.6 is 0 Å². The monoisotopic (exact) mass is 246 g/mol. The summed E-state index contributed by atoms with van der Waals surface area (Å²) >= 11 is 0. The fraction of sp³-hybridized carbons (Fsp3) is 0.625. The van der Waals surface area contributed by atoms with Crippen molar-refractivity contribution in [1.82, 2.24) is 5.32 Å². The summed E-state index contributed by atoms with van der Waals surface area (Å²) in [6.07, 6.45) is 1.23. The third-order valence-electron chi connectivity index (χ3n) is 3.54. The first-order chi connectivity index (χ1) is 8.66. The quantitative estimate of drug-likeness (QED) is 0.804. The number of para-hydroxylation sites is 1. The third kappa shape index (κ3) is 3.49. The van der Waals surface area contributed by atoms with E-state index in [1.807, 2.05) is 0 Å². The van der Waals surface area contributed by atoms with Gasteiger partial charge in [-0.2, -0.15) is 0 Å². The summed E-state index contributed by atoms with van der Waals surface area (Å²) in [4.78, 5) is 2.54. The molecule has 1 aliphatic rings. The molecule has 0 radical (unpaired) electrons. The van der Waals surface area contributed by atoms with Crippen LogP contribution in [-0.2, 0) is 6.42 Å². The Bertz CT molecular complexity index is 373. The van der Waals surface area contributed by atoms with E-state index in [-0.39, 0.29) is 0 Å². The molecule has 0 bridgehead atoms. The molecule has 1 atom stereocenters. The van der Waals surface area contributed by atoms with Gasteiger partial charge >= 0.3 is 0 Å². The number of nitrogens with one attached hydrogen (secondary N) is 1. The molecule has 1 aliphatic heterocycles. The normalized spacial score (nSPS) is 19.1. The highest BCUT2D eigenvalue weighted by molar-refractivity contribution is 5.55. The van der Waals surface area contributed by atoms with Crippen LogP contribution in [0.3, 0.4) is 0 Å². The predicted octanol–water partition coefficient (Wildman–Crippen LogP) is 2.93. The lowest BCUT2D eigenvalue weighted by atomic mass is 9.94. The maximum atomic E-state index is 3.54. The zero-order valence-corrected chi connectivity index (χ0v) is 11.9. The predicted molar refractivity (Wildman–Crippen MR) is 79.2 cm³/mol. The van der Waals surface area contributed by atoms with Crippen LogP contribution in [0, 0.1) is 11.8 Å². The Labute approximate surface area is 111 Å². The average molecular weight is 246 g/mol. The van der Waals surface area contributed by atoms with Crippen molar-refractivity contribution in [2.24, 2.45) is 11.8 Å². The SMILES string of the molecule is CC(C)CNCCN1CC(C)Cc2ccccc21. The largest absolute Gasteiger partial charge is 0.370 e. The first kappa shape index (κ1) is 13.4. The molecule has 2 rings (SSSR count). The topological polar surface area (TPSA) is 15.3 Å². The average Bonchev–Trinajstić information content (AvgIpc) is 2.34. The number of nitrogens with zero attached hydrogens (tertiary/aromatic N) is 1. The molecule has 1 heterocycles. The van der Waals surface area contributed by atoms with Gasteiger partial charge in [-0.15, -0.1) is 0 Å². The molecule has 2 nitrogen and oxygen atoms in total. The molecule has 0 saturated heterocycles. The summed E-state index contributed by atoms with van der Waals surface area (Å²) in [6, 6.07) is 8.86. The molecular weight excluding hydrogens is 220 g/mol. The van der Waals surface area contributed by atoms with Crippen molar-refractivity contribution >= 4 is 5.69 Å². The van der Waals surface area contributed by atoms with E-state index in [1.165, 1.54) is 24.2 Å². The van der Waals surface area contributed by atoms with Gasteiger partial charge in [0.15, 0.2) is 0 Å². The molecule has 1 aromatic carbocycles. The summed E-state index contributed by atoms with van der Waals surface area (Å²) in [5.74, 6) is 1.50. The van der Waals surface area contributed by atoms with E-state index in [2.05, 4.69) is 55.3 Å². The summed E-state index contributed by atoms with van der Waals surface area (Å²) < 4.78 is 0. The van der Waals surface area contributed by atoms with E-state index < -0.39 is 0 Å². The van der Waals surface area contributed by atoms with Gasteiger partial charge in [0.1, 0.15) is 0 Å². The van der Waals surface area contributed by atoms with E-state index >= 15 is 0 Å². The summed E-state index contributed by atoms with van der Waals surface area (Å²) in [7, 11) is 0. The molecule has 0 spiro atoms. The van der Waals surface area contributed by atoms with Gasteiger partial charge in [0.25, 0.3) is 0 Å². The lowest BCUT2D eigenvalue weighted by Gasteiger charge is -2.35. The first-order valence-electron chi connectivity index (χ1n) is 7.20. The van der Waals surface area contributed by atoms with Crippen LogP contribution in [0.25, 0.3) is 0 Å². The van der Waals surface area contributed by atoms with Crippen LogP contribution in [0.15, 0.2) is 24.3 Å². The van der Waals surface area contributed by atoms with Crippen LogP contribution < -0.4 is 10.2 Å². The van der Waals surface area contributed by atoms with Crippen molar-refractivity contribution in [3.05, 3.63) is 29.8 Å². The Morgan fingerprint density at radius 1 is 1.33 bits per heavy atom. The van der Waals surface area contributed by atoms with E-state index in [0.717, 1.165) is 31.5 Å². The molecule has 2 heteroatoms. The van der Waals surface area contributed by atoms with Gasteiger partial charge in [0.2, 0.25) is 0 Å². The van der Waals surface area contributed by atoms with Gasteiger partial charge in [0.05, 0.1) is 0 Å². The second-order valence-electron chi connectivity index (χ2n) is 5.98. The van der Waals surface area contributed by atoms with E-state index in [0.29, 0.717) is 0 Å². The van der Waals surface area contributed by atoms with Crippen molar-refractivity contribution in [3.63, 3.8) is 0 Å². The van der Waals surface area contributed by atoms with Crippen molar-refractivity contribution < 1.29 is 0 Å². The van der Waals surface area contributed by atoms with Crippen LogP contribution in [-0.4, -0.2) is 26.2 Å². The minimum absolute atomic E-state index is 0.734. The minimum atomic E-state index is 0.734. The molecule has 0 aliphatic carbocycles. The molecule has 1 aromatic rings. The van der Waals surface area contributed by atoms with Crippen molar-refractivity contribution in [2.45, 2.75) is 27.2 Å². The Hall–Kier alpha value is -1.02. The fourth-order valence-electron chi connectivity index (χ4n) is 2.72. The Morgan fingerprint density at radius 2 is 2.11 bits per heavy atom. The molecule has 18 heavy (non-hydrogen) atoms. The molecule has 0 saturated carbocycles. The van der Waals surface area contributed by atoms with E-state index in [4.69, 9.17) is 0 Å². The highest BCUT2D eigenvalue weighted by Gasteiger charge is 2.20. The highest BCUT2D eigenvalue weighted by atomic mass is 15.2. The van der Waals surface area contributed by atoms with Gasteiger partial charge in [0, 0.05) is 25.3 Å². The number of rotatable bonds is 5. The van der Waals surface area contributed by atoms with Crippen molar-refractivity contribution in [2.75, 3.05) is 31.1 Å². The summed E-state index contributed by atoms with van der Waals surface area (Å²) in [5, 5.41) is 3.54. The Balaban J connectivity index is 1.92. The molecule has 0 fully saturated rings. The maximum Gasteiger partial charge on any atom is 0.0399 e. The van der Waals surface area contributed by atoms with Crippen LogP contribution in [0.5, 0.6) is 0 Å². The number of hydrogen-bond donors (Lipinski definition) is 1. The molecule has 1 unspecified atom stereocenters. The number of anilines is 1. The fourth-order valence-corrected chi connectivity index (χ4v) is 2.72. The van der Waals surface area contributed by atoms with Crippen LogP contribution in [0.1, 0.15) is 26.3 Å². The lowest BCUT2D eigenvalue weighted by Crippen LogP contribution is -2.39. The maximum absolute atomic E-state index is 3.54. The number of benzene rings is 1. The van der Waals surface area contributed by atoms with E-state index in [9.17, 15) is 0 Å².